The van der Waals surface area contributed by atoms with Crippen LogP contribution >= 0.6 is 11.3 Å². The first kappa shape index (κ1) is 18.5. The summed E-state index contributed by atoms with van der Waals surface area (Å²) in [5, 5.41) is 2.31. The van der Waals surface area contributed by atoms with Crippen LogP contribution in [0.25, 0.3) is 6.08 Å². The number of amides is 1. The van der Waals surface area contributed by atoms with Crippen LogP contribution in [0.15, 0.2) is 66.3 Å². The van der Waals surface area contributed by atoms with Gasteiger partial charge in [0.1, 0.15) is 6.61 Å². The van der Waals surface area contributed by atoms with Gasteiger partial charge >= 0.3 is 5.97 Å². The third-order valence-electron chi connectivity index (χ3n) is 3.54. The molecule has 0 fully saturated rings. The van der Waals surface area contributed by atoms with Crippen molar-refractivity contribution in [1.29, 1.82) is 0 Å². The fourth-order valence-electron chi connectivity index (χ4n) is 2.30. The Morgan fingerprint density at radius 1 is 1.15 bits per heavy atom. The quantitative estimate of drug-likeness (QED) is 0.478. The monoisotopic (exact) mass is 379 g/mol. The van der Waals surface area contributed by atoms with Crippen molar-refractivity contribution >= 4 is 40.1 Å². The van der Waals surface area contributed by atoms with Gasteiger partial charge in [-0.15, -0.1) is 11.3 Å². The second kappa shape index (κ2) is 8.86. The van der Waals surface area contributed by atoms with Crippen molar-refractivity contribution in [2.45, 2.75) is 13.5 Å². The van der Waals surface area contributed by atoms with Crippen LogP contribution in [0.2, 0.25) is 0 Å². The molecule has 0 bridgehead atoms. The van der Waals surface area contributed by atoms with Gasteiger partial charge in [0.05, 0.1) is 11.4 Å². The largest absolute Gasteiger partial charge is 0.456 e. The van der Waals surface area contributed by atoms with Crippen molar-refractivity contribution in [3.8, 4) is 0 Å². The summed E-state index contributed by atoms with van der Waals surface area (Å²) < 4.78 is 5.21. The molecule has 0 atom stereocenters. The van der Waals surface area contributed by atoms with Gasteiger partial charge in [0.2, 0.25) is 5.91 Å². The van der Waals surface area contributed by atoms with E-state index in [0.717, 1.165) is 11.3 Å². The van der Waals surface area contributed by atoms with Gasteiger partial charge < -0.3 is 4.74 Å². The van der Waals surface area contributed by atoms with Crippen LogP contribution in [-0.2, 0) is 20.9 Å². The highest BCUT2D eigenvalue weighted by Crippen LogP contribution is 2.28. The molecular weight excluding hydrogens is 362 g/mol. The Labute approximate surface area is 160 Å². The highest BCUT2D eigenvalue weighted by molar-refractivity contribution is 7.14. The third-order valence-corrected chi connectivity index (χ3v) is 4.42. The lowest BCUT2D eigenvalue weighted by molar-refractivity contribution is -0.139. The normalized spacial score (nSPS) is 10.7. The molecule has 7 heteroatoms. The van der Waals surface area contributed by atoms with Crippen LogP contribution in [0.1, 0.15) is 18.2 Å². The van der Waals surface area contributed by atoms with Crippen LogP contribution in [0.4, 0.5) is 10.8 Å². The maximum Gasteiger partial charge on any atom is 0.331 e. The van der Waals surface area contributed by atoms with Gasteiger partial charge in [-0.1, -0.05) is 18.2 Å². The van der Waals surface area contributed by atoms with Gasteiger partial charge in [-0.2, -0.15) is 0 Å². The fourth-order valence-corrected chi connectivity index (χ4v) is 3.17. The number of carbonyl (C=O) groups excluding carboxylic acids is 2. The molecule has 1 amide bonds. The number of hydrogen-bond donors (Lipinski definition) is 0. The van der Waals surface area contributed by atoms with Crippen molar-refractivity contribution in [3.05, 3.63) is 77.6 Å². The maximum atomic E-state index is 12.0. The minimum atomic E-state index is -0.465. The van der Waals surface area contributed by atoms with E-state index in [9.17, 15) is 9.59 Å². The maximum absolute atomic E-state index is 12.0. The van der Waals surface area contributed by atoms with E-state index in [1.54, 1.807) is 36.0 Å². The number of thiazole rings is 1. The summed E-state index contributed by atoms with van der Waals surface area (Å²) in [6.45, 7) is 1.52. The summed E-state index contributed by atoms with van der Waals surface area (Å²) in [6.07, 6.45) is 6.31. The van der Waals surface area contributed by atoms with E-state index >= 15 is 0 Å². The molecule has 0 radical (unpaired) electrons. The topological polar surface area (TPSA) is 72.4 Å². The summed E-state index contributed by atoms with van der Waals surface area (Å²) >= 11 is 1.32. The van der Waals surface area contributed by atoms with Gasteiger partial charge in [-0.05, 0) is 35.9 Å². The lowest BCUT2D eigenvalue weighted by Crippen LogP contribution is -2.22. The van der Waals surface area contributed by atoms with Crippen molar-refractivity contribution in [2.24, 2.45) is 0 Å². The number of anilines is 2. The average Bonchev–Trinajstić information content (AvgIpc) is 3.14. The number of esters is 1. The summed E-state index contributed by atoms with van der Waals surface area (Å²) in [4.78, 5) is 33.7. The molecule has 0 saturated carbocycles. The minimum Gasteiger partial charge on any atom is -0.456 e. The lowest BCUT2D eigenvalue weighted by Gasteiger charge is -2.17. The Bertz CT molecular complexity index is 939. The van der Waals surface area contributed by atoms with E-state index < -0.39 is 5.97 Å². The van der Waals surface area contributed by atoms with Crippen LogP contribution in [0.5, 0.6) is 0 Å². The lowest BCUT2D eigenvalue weighted by atomic mass is 10.2. The van der Waals surface area contributed by atoms with E-state index in [1.165, 1.54) is 29.2 Å². The first-order valence-corrected chi connectivity index (χ1v) is 9.06. The Morgan fingerprint density at radius 2 is 1.89 bits per heavy atom. The van der Waals surface area contributed by atoms with Crippen LogP contribution in [0, 0.1) is 0 Å². The zero-order valence-electron chi connectivity index (χ0n) is 14.6. The molecule has 0 unspecified atom stereocenters. The molecule has 0 aliphatic heterocycles. The summed E-state index contributed by atoms with van der Waals surface area (Å²) in [7, 11) is 0. The van der Waals surface area contributed by atoms with E-state index in [1.807, 2.05) is 30.3 Å². The summed E-state index contributed by atoms with van der Waals surface area (Å²) in [5.74, 6) is -0.604. The molecule has 6 nitrogen and oxygen atoms in total. The SMILES string of the molecule is CC(=O)N(c1ccccc1)c1nc(COC(=O)/C=C/c2ccncc2)cs1. The average molecular weight is 379 g/mol. The van der Waals surface area contributed by atoms with Crippen LogP contribution in [0.3, 0.4) is 0 Å². The summed E-state index contributed by atoms with van der Waals surface area (Å²) in [6, 6.07) is 12.9. The molecule has 2 heterocycles. The van der Waals surface area contributed by atoms with E-state index in [4.69, 9.17) is 4.74 Å². The number of aromatic nitrogens is 2. The number of ether oxygens (including phenoxy) is 1. The second-order valence-electron chi connectivity index (χ2n) is 5.53. The van der Waals surface area contributed by atoms with Crippen molar-refractivity contribution in [3.63, 3.8) is 0 Å². The molecular formula is C20H17N3O3S. The second-order valence-corrected chi connectivity index (χ2v) is 6.37. The molecule has 3 rings (SSSR count). The first-order chi connectivity index (χ1) is 13.1. The Morgan fingerprint density at radius 3 is 2.59 bits per heavy atom. The van der Waals surface area contributed by atoms with Crippen molar-refractivity contribution in [1.82, 2.24) is 9.97 Å². The third kappa shape index (κ3) is 5.08. The fraction of sp³-hybridized carbons (Fsp3) is 0.100. The predicted molar refractivity (Wildman–Crippen MR) is 104 cm³/mol. The minimum absolute atomic E-state index is 0.0382. The molecule has 27 heavy (non-hydrogen) atoms. The molecule has 1 aromatic carbocycles. The summed E-state index contributed by atoms with van der Waals surface area (Å²) in [5.41, 5.74) is 2.18. The Kier molecular flexibility index (Phi) is 6.06. The highest BCUT2D eigenvalue weighted by Gasteiger charge is 2.17. The van der Waals surface area contributed by atoms with Crippen LogP contribution < -0.4 is 4.90 Å². The Hall–Kier alpha value is -3.32. The smallest absolute Gasteiger partial charge is 0.331 e. The number of para-hydroxylation sites is 1. The molecule has 2 aromatic heterocycles. The van der Waals surface area contributed by atoms with E-state index in [0.29, 0.717) is 10.8 Å². The van der Waals surface area contributed by atoms with E-state index in [-0.39, 0.29) is 12.5 Å². The van der Waals surface area contributed by atoms with Gasteiger partial charge in [0, 0.05) is 30.8 Å². The van der Waals surface area contributed by atoms with E-state index in [2.05, 4.69) is 9.97 Å². The molecule has 0 aliphatic rings. The standard InChI is InChI=1S/C20H17N3O3S/c1-15(24)23(18-5-3-2-4-6-18)20-22-17(14-27-20)13-26-19(25)8-7-16-9-11-21-12-10-16/h2-12,14H,13H2,1H3/b8-7+. The number of carbonyl (C=O) groups is 2. The molecule has 0 aliphatic carbocycles. The number of pyridine rings is 1. The number of hydrogen-bond acceptors (Lipinski definition) is 6. The van der Waals surface area contributed by atoms with Crippen molar-refractivity contribution in [2.75, 3.05) is 4.90 Å². The van der Waals surface area contributed by atoms with Crippen LogP contribution in [-0.4, -0.2) is 21.8 Å². The first-order valence-electron chi connectivity index (χ1n) is 8.18. The molecule has 0 saturated heterocycles. The number of benzene rings is 1. The highest BCUT2D eigenvalue weighted by atomic mass is 32.1. The van der Waals surface area contributed by atoms with Gasteiger partial charge in [-0.25, -0.2) is 9.78 Å². The molecule has 0 N–H and O–H groups in total. The zero-order valence-corrected chi connectivity index (χ0v) is 15.4. The number of rotatable bonds is 6. The van der Waals surface area contributed by atoms with Gasteiger partial charge in [-0.3, -0.25) is 14.7 Å². The van der Waals surface area contributed by atoms with Crippen molar-refractivity contribution < 1.29 is 14.3 Å². The zero-order chi connectivity index (χ0) is 19.1. The molecule has 0 spiro atoms. The Balaban J connectivity index is 1.63. The predicted octanol–water partition coefficient (Wildman–Crippen LogP) is 3.98. The number of nitrogens with zero attached hydrogens (tertiary/aromatic N) is 3. The molecule has 3 aromatic rings. The molecule has 136 valence electrons. The van der Waals surface area contributed by atoms with Gasteiger partial charge in [0.15, 0.2) is 5.13 Å². The van der Waals surface area contributed by atoms with Gasteiger partial charge in [0.25, 0.3) is 0 Å².